The van der Waals surface area contributed by atoms with Gasteiger partial charge in [0.15, 0.2) is 5.16 Å². The number of carbonyl (C=O) groups excluding carboxylic acids is 4. The van der Waals surface area contributed by atoms with E-state index in [0.717, 1.165) is 39.4 Å². The number of nitrogens with one attached hydrogen (secondary N) is 6. The van der Waals surface area contributed by atoms with E-state index in [-0.39, 0.29) is 34.8 Å². The zero-order chi connectivity index (χ0) is 65.7. The van der Waals surface area contributed by atoms with Crippen molar-refractivity contribution < 1.29 is 23.9 Å². The maximum absolute atomic E-state index is 11.7. The third-order valence-corrected chi connectivity index (χ3v) is 12.5. The molecule has 32 nitrogen and oxygen atoms in total. The summed E-state index contributed by atoms with van der Waals surface area (Å²) in [6.45, 7) is 18.3. The molecule has 474 valence electrons. The second-order valence-corrected chi connectivity index (χ2v) is 21.7. The fourth-order valence-electron chi connectivity index (χ4n) is 7.44. The van der Waals surface area contributed by atoms with Crippen LogP contribution in [0.3, 0.4) is 0 Å². The SMILES string of the molecule is CSc1ncc(C(N)=O)c(Nc2ccc(C)c(-n3nccn3)c2)n1.C[C@@H](CN)NC(=O)OC(C)(C)C.Cc1ccc(Nc2nc(NC[C@H](C)N)ncc2C(N)=O)cc1-n1nccn1.Cc1ccc(Nc2nc(NC[C@H](C)N)ncc2C(N)=O)cc1-n1nccn1. The molecule has 0 fully saturated rings. The number of alkyl carbamates (subject to hydrolysis) is 1. The Morgan fingerprint density at radius 3 is 1.18 bits per heavy atom. The molecule has 9 rings (SSSR count). The van der Waals surface area contributed by atoms with Gasteiger partial charge < -0.3 is 71.0 Å². The van der Waals surface area contributed by atoms with Crippen molar-refractivity contribution in [3.63, 3.8) is 0 Å². The van der Waals surface area contributed by atoms with Gasteiger partial charge in [0.1, 0.15) is 39.7 Å². The van der Waals surface area contributed by atoms with E-state index >= 15 is 0 Å². The van der Waals surface area contributed by atoms with Crippen LogP contribution in [-0.4, -0.2) is 148 Å². The number of rotatable bonds is 21. The Morgan fingerprint density at radius 2 is 0.878 bits per heavy atom. The molecule has 90 heavy (non-hydrogen) atoms. The number of primary amides is 3. The second-order valence-electron chi connectivity index (χ2n) is 21.0. The molecule has 18 N–H and O–H groups in total. The summed E-state index contributed by atoms with van der Waals surface area (Å²) in [5.74, 6) is -0.187. The van der Waals surface area contributed by atoms with Gasteiger partial charge in [0.25, 0.3) is 17.7 Å². The molecule has 3 atom stereocenters. The predicted molar refractivity (Wildman–Crippen MR) is 344 cm³/mol. The van der Waals surface area contributed by atoms with Crippen LogP contribution in [0.1, 0.15) is 89.3 Å². The Hall–Kier alpha value is -10.8. The number of hydrogen-bond acceptors (Lipinski definition) is 26. The van der Waals surface area contributed by atoms with Gasteiger partial charge in [-0.2, -0.15) is 54.9 Å². The summed E-state index contributed by atoms with van der Waals surface area (Å²) >= 11 is 1.38. The summed E-state index contributed by atoms with van der Waals surface area (Å²) in [5, 5.41) is 43.4. The summed E-state index contributed by atoms with van der Waals surface area (Å²) in [5.41, 5.74) is 40.8. The highest BCUT2D eigenvalue weighted by Gasteiger charge is 2.19. The molecule has 0 saturated carbocycles. The van der Waals surface area contributed by atoms with Crippen molar-refractivity contribution in [2.45, 2.75) is 91.2 Å². The van der Waals surface area contributed by atoms with Crippen molar-refractivity contribution >= 4 is 82.0 Å². The van der Waals surface area contributed by atoms with Gasteiger partial charge in [-0.25, -0.2) is 24.7 Å². The molecule has 4 amide bonds. The number of ether oxygens (including phenoxy) is 1. The van der Waals surface area contributed by atoms with Crippen molar-refractivity contribution in [1.29, 1.82) is 0 Å². The van der Waals surface area contributed by atoms with E-state index in [2.05, 4.69) is 92.4 Å². The third kappa shape index (κ3) is 20.7. The second kappa shape index (κ2) is 32.3. The van der Waals surface area contributed by atoms with E-state index in [1.807, 2.05) is 123 Å². The Kier molecular flexibility index (Phi) is 24.5. The van der Waals surface area contributed by atoms with Crippen molar-refractivity contribution in [2.75, 3.05) is 52.5 Å². The van der Waals surface area contributed by atoms with E-state index in [0.29, 0.717) is 65.5 Å². The number of nitrogens with two attached hydrogens (primary N) is 6. The van der Waals surface area contributed by atoms with Gasteiger partial charge in [-0.05, 0) is 122 Å². The average molecular weight is 1250 g/mol. The van der Waals surface area contributed by atoms with Crippen LogP contribution in [0, 0.1) is 20.8 Å². The third-order valence-electron chi connectivity index (χ3n) is 11.9. The van der Waals surface area contributed by atoms with Crippen LogP contribution >= 0.6 is 11.8 Å². The van der Waals surface area contributed by atoms with E-state index in [1.165, 1.54) is 44.7 Å². The first-order valence-electron chi connectivity index (χ1n) is 27.8. The topological polar surface area (TPSA) is 475 Å². The molecule has 6 aromatic heterocycles. The highest BCUT2D eigenvalue weighted by molar-refractivity contribution is 7.98. The maximum Gasteiger partial charge on any atom is 0.407 e. The lowest BCUT2D eigenvalue weighted by Crippen LogP contribution is -2.41. The predicted octanol–water partition coefficient (Wildman–Crippen LogP) is 4.72. The molecule has 6 heterocycles. The monoisotopic (exact) mass is 1250 g/mol. The zero-order valence-electron chi connectivity index (χ0n) is 51.4. The molecule has 0 unspecified atom stereocenters. The number of carbonyl (C=O) groups is 4. The number of benzene rings is 3. The lowest BCUT2D eigenvalue weighted by Gasteiger charge is -2.21. The highest BCUT2D eigenvalue weighted by atomic mass is 32.2. The number of anilines is 8. The minimum absolute atomic E-state index is 0.0418. The van der Waals surface area contributed by atoms with Crippen LogP contribution in [0.4, 0.5) is 51.2 Å². The first-order chi connectivity index (χ1) is 42.8. The zero-order valence-corrected chi connectivity index (χ0v) is 52.2. The van der Waals surface area contributed by atoms with Crippen molar-refractivity contribution in [2.24, 2.45) is 34.4 Å². The summed E-state index contributed by atoms with van der Waals surface area (Å²) in [6, 6.07) is 16.8. The van der Waals surface area contributed by atoms with E-state index in [1.54, 1.807) is 37.2 Å². The molecule has 0 aliphatic rings. The molecule has 3 aromatic carbocycles. The minimum atomic E-state index is -0.627. The van der Waals surface area contributed by atoms with Gasteiger partial charge in [0, 0.05) is 73.4 Å². The van der Waals surface area contributed by atoms with Gasteiger partial charge >= 0.3 is 6.09 Å². The number of aromatic nitrogens is 15. The van der Waals surface area contributed by atoms with Crippen molar-refractivity contribution in [3.05, 3.63) is 144 Å². The normalized spacial score (nSPS) is 11.7. The Balaban J connectivity index is 0.000000198. The van der Waals surface area contributed by atoms with Crippen LogP contribution in [0.25, 0.3) is 17.1 Å². The fraction of sp³-hybridized carbons (Fsp3) is 0.298. The quantitative estimate of drug-likeness (QED) is 0.0342. The summed E-state index contributed by atoms with van der Waals surface area (Å²) in [7, 11) is 0. The molecule has 0 spiro atoms. The molecule has 33 heteroatoms. The fourth-order valence-corrected chi connectivity index (χ4v) is 7.78. The minimum Gasteiger partial charge on any atom is -0.444 e. The molecule has 9 aromatic rings. The number of amides is 4. The van der Waals surface area contributed by atoms with E-state index in [4.69, 9.17) is 39.1 Å². The van der Waals surface area contributed by atoms with Gasteiger partial charge in [-0.1, -0.05) is 30.0 Å². The number of nitrogens with zero attached hydrogens (tertiary/aromatic N) is 15. The van der Waals surface area contributed by atoms with Gasteiger partial charge in [-0.15, -0.1) is 0 Å². The van der Waals surface area contributed by atoms with Gasteiger partial charge in [0.2, 0.25) is 11.9 Å². The number of aryl methyl sites for hydroxylation is 3. The molecule has 0 bridgehead atoms. The Morgan fingerprint density at radius 1 is 0.544 bits per heavy atom. The largest absolute Gasteiger partial charge is 0.444 e. The summed E-state index contributed by atoms with van der Waals surface area (Å²) in [6.07, 6.45) is 15.3. The lowest BCUT2D eigenvalue weighted by molar-refractivity contribution is 0.0509. The molecule has 0 saturated heterocycles. The highest BCUT2D eigenvalue weighted by Crippen LogP contribution is 2.27. The summed E-state index contributed by atoms with van der Waals surface area (Å²) < 4.78 is 5.00. The molecule has 0 aliphatic heterocycles. The van der Waals surface area contributed by atoms with E-state index in [9.17, 15) is 19.2 Å². The molecule has 0 radical (unpaired) electrons. The Bertz CT molecular complexity index is 3670. The average Bonchev–Trinajstić information content (AvgIpc) is 2.93. The van der Waals surface area contributed by atoms with Crippen molar-refractivity contribution in [3.8, 4) is 17.1 Å². The van der Waals surface area contributed by atoms with Gasteiger partial charge in [-0.3, -0.25) is 14.4 Å². The van der Waals surface area contributed by atoms with Crippen LogP contribution in [-0.2, 0) is 4.74 Å². The maximum atomic E-state index is 11.7. The summed E-state index contributed by atoms with van der Waals surface area (Å²) in [4.78, 5) is 76.0. The standard InChI is InChI=1S/2C17H21N9O.C15H15N7OS.C8H18N2O2/c2*1-10-3-4-12(7-14(10)26-22-5-6-23-26)24-16-13(15(19)27)9-21-17(25-16)20-8-11(2)18;1-9-3-4-10(7-12(9)22-18-5-6-19-22)20-14-11(13(16)23)8-17-15(21-14)24-2;1-6(5-9)10-7(11)12-8(2,3)4/h2*3-7,9,11H,8,18H2,1-2H3,(H2,19,27)(H2,20,21,24,25);3-8H,1-2H3,(H2,16,23)(H,17,20,21);6H,5,9H2,1-4H3,(H,10,11)/t2*11-;;6-/m00.0/s1. The van der Waals surface area contributed by atoms with Gasteiger partial charge in [0.05, 0.1) is 54.2 Å². The number of thioether (sulfide) groups is 1. The first-order valence-corrected chi connectivity index (χ1v) is 29.0. The molecular weight excluding hydrogens is 1170 g/mol. The Labute approximate surface area is 522 Å². The van der Waals surface area contributed by atoms with Crippen LogP contribution < -0.4 is 66.3 Å². The van der Waals surface area contributed by atoms with Crippen molar-refractivity contribution in [1.82, 2.24) is 80.2 Å². The van der Waals surface area contributed by atoms with E-state index < -0.39 is 29.4 Å². The van der Waals surface area contributed by atoms with Crippen LogP contribution in [0.5, 0.6) is 0 Å². The number of hydrogen-bond donors (Lipinski definition) is 12. The van der Waals surface area contributed by atoms with Crippen LogP contribution in [0.2, 0.25) is 0 Å². The smallest absolute Gasteiger partial charge is 0.407 e. The first kappa shape index (κ1) is 68.3. The van der Waals surface area contributed by atoms with Crippen LogP contribution in [0.15, 0.2) is 116 Å². The lowest BCUT2D eigenvalue weighted by atomic mass is 10.2. The molecule has 0 aliphatic carbocycles. The molecular formula is C57H75N27O5S.